The molecule has 1 aliphatic carbocycles. The van der Waals surface area contributed by atoms with E-state index in [4.69, 9.17) is 5.26 Å². The number of fused-ring (bicyclic) bond motifs is 1. The number of hydrogen-bond acceptors (Lipinski definition) is 5. The molecule has 1 aromatic carbocycles. The number of rotatable bonds is 2. The Labute approximate surface area is 158 Å². The second kappa shape index (κ2) is 9.05. The third kappa shape index (κ3) is 5.57. The molecule has 0 bridgehead atoms. The molecular formula is C20H25F2N5. The molecule has 1 saturated carbocycles. The van der Waals surface area contributed by atoms with Crippen molar-refractivity contribution >= 4 is 16.7 Å². The Morgan fingerprint density at radius 3 is 2.48 bits per heavy atom. The Hall–Kier alpha value is -2.33. The first-order chi connectivity index (χ1) is 13.1. The number of hydrogen-bond donors (Lipinski definition) is 2. The van der Waals surface area contributed by atoms with Crippen molar-refractivity contribution in [2.45, 2.75) is 56.9 Å². The predicted octanol–water partition coefficient (Wildman–Crippen LogP) is 4.25. The summed E-state index contributed by atoms with van der Waals surface area (Å²) in [6.07, 6.45) is 7.89. The second-order valence-electron chi connectivity index (χ2n) is 7.15. The summed E-state index contributed by atoms with van der Waals surface area (Å²) < 4.78 is 24.3. The number of benzene rings is 1. The minimum Gasteiger partial charge on any atom is -0.367 e. The van der Waals surface area contributed by atoms with Gasteiger partial charge in [-0.05, 0) is 31.0 Å². The van der Waals surface area contributed by atoms with E-state index in [9.17, 15) is 8.78 Å². The molecule has 1 aromatic heterocycles. The Morgan fingerprint density at radius 2 is 1.85 bits per heavy atom. The summed E-state index contributed by atoms with van der Waals surface area (Å²) in [6, 6.07) is 8.19. The molecule has 2 heterocycles. The van der Waals surface area contributed by atoms with E-state index < -0.39 is 5.92 Å². The van der Waals surface area contributed by atoms with Crippen LogP contribution in [-0.2, 0) is 0 Å². The minimum atomic E-state index is -2.38. The van der Waals surface area contributed by atoms with E-state index in [1.807, 2.05) is 12.1 Å². The van der Waals surface area contributed by atoms with Crippen molar-refractivity contribution in [2.75, 3.05) is 18.4 Å². The highest BCUT2D eigenvalue weighted by atomic mass is 19.3. The fourth-order valence-corrected chi connectivity index (χ4v) is 3.47. The molecule has 2 fully saturated rings. The average Bonchev–Trinajstić information content (AvgIpc) is 2.69. The molecule has 0 amide bonds. The molecule has 5 nitrogen and oxygen atoms in total. The maximum atomic E-state index is 12.2. The van der Waals surface area contributed by atoms with Gasteiger partial charge in [0, 0.05) is 37.4 Å². The smallest absolute Gasteiger partial charge is 0.250 e. The summed E-state index contributed by atoms with van der Waals surface area (Å²) in [6.45, 7) is 0.931. The van der Waals surface area contributed by atoms with Gasteiger partial charge in [0.2, 0.25) is 0 Å². The van der Waals surface area contributed by atoms with Crippen LogP contribution in [-0.4, -0.2) is 35.0 Å². The molecule has 7 heteroatoms. The number of aromatic nitrogens is 2. The summed E-state index contributed by atoms with van der Waals surface area (Å²) in [5, 5.41) is 16.3. The van der Waals surface area contributed by atoms with Crippen molar-refractivity contribution in [3.05, 3.63) is 30.1 Å². The topological polar surface area (TPSA) is 73.6 Å². The van der Waals surface area contributed by atoms with E-state index in [2.05, 4.69) is 26.7 Å². The number of nitriles is 1. The summed E-state index contributed by atoms with van der Waals surface area (Å²) >= 11 is 0. The lowest BCUT2D eigenvalue weighted by atomic mass is 9.95. The highest BCUT2D eigenvalue weighted by Crippen LogP contribution is 2.25. The molecule has 2 N–H and O–H groups in total. The highest BCUT2D eigenvalue weighted by molar-refractivity contribution is 5.89. The van der Waals surface area contributed by atoms with Gasteiger partial charge >= 0.3 is 0 Å². The second-order valence-corrected chi connectivity index (χ2v) is 7.15. The van der Waals surface area contributed by atoms with Gasteiger partial charge < -0.3 is 10.6 Å². The third-order valence-electron chi connectivity index (χ3n) is 5.05. The normalized spacial score (nSPS) is 19.6. The van der Waals surface area contributed by atoms with E-state index in [1.165, 1.54) is 32.1 Å². The first-order valence-corrected chi connectivity index (χ1v) is 9.57. The van der Waals surface area contributed by atoms with Gasteiger partial charge in [0.1, 0.15) is 12.1 Å². The number of nitrogens with one attached hydrogen (secondary N) is 2. The van der Waals surface area contributed by atoms with Gasteiger partial charge in [0.05, 0.1) is 17.1 Å². The maximum absolute atomic E-state index is 12.2. The summed E-state index contributed by atoms with van der Waals surface area (Å²) in [4.78, 5) is 8.59. The lowest BCUT2D eigenvalue weighted by molar-refractivity contribution is -0.0274. The van der Waals surface area contributed by atoms with Gasteiger partial charge in [0.25, 0.3) is 5.92 Å². The van der Waals surface area contributed by atoms with Crippen LogP contribution in [0.25, 0.3) is 10.9 Å². The van der Waals surface area contributed by atoms with Crippen molar-refractivity contribution in [3.63, 3.8) is 0 Å². The molecular weight excluding hydrogens is 348 g/mol. The van der Waals surface area contributed by atoms with Crippen molar-refractivity contribution in [1.29, 1.82) is 5.26 Å². The molecule has 1 aliphatic heterocycles. The maximum Gasteiger partial charge on any atom is 0.250 e. The van der Waals surface area contributed by atoms with Crippen LogP contribution in [0.1, 0.15) is 50.5 Å². The van der Waals surface area contributed by atoms with E-state index >= 15 is 0 Å². The van der Waals surface area contributed by atoms with Crippen molar-refractivity contribution in [2.24, 2.45) is 0 Å². The first kappa shape index (κ1) is 19.4. The van der Waals surface area contributed by atoms with Crippen LogP contribution in [0.3, 0.4) is 0 Å². The molecule has 144 valence electrons. The molecule has 27 heavy (non-hydrogen) atoms. The van der Waals surface area contributed by atoms with Gasteiger partial charge in [-0.2, -0.15) is 5.26 Å². The zero-order chi connectivity index (χ0) is 19.1. The summed E-state index contributed by atoms with van der Waals surface area (Å²) in [5.41, 5.74) is 1.53. The Kier molecular flexibility index (Phi) is 6.51. The zero-order valence-electron chi connectivity index (χ0n) is 15.3. The molecule has 2 aliphatic rings. The molecule has 1 saturated heterocycles. The largest absolute Gasteiger partial charge is 0.367 e. The minimum absolute atomic E-state index is 0.00694. The molecule has 0 atom stereocenters. The number of halogens is 2. The Bertz CT molecular complexity index is 789. The van der Waals surface area contributed by atoms with Crippen LogP contribution in [0.2, 0.25) is 0 Å². The van der Waals surface area contributed by atoms with E-state index in [-0.39, 0.29) is 12.8 Å². The van der Waals surface area contributed by atoms with Crippen molar-refractivity contribution in [1.82, 2.24) is 15.3 Å². The fraction of sp³-hybridized carbons (Fsp3) is 0.550. The predicted molar refractivity (Wildman–Crippen MR) is 102 cm³/mol. The molecule has 0 spiro atoms. The van der Waals surface area contributed by atoms with Gasteiger partial charge in [-0.15, -0.1) is 0 Å². The number of piperidine rings is 1. The Balaban J connectivity index is 0.000000221. The monoisotopic (exact) mass is 373 g/mol. The van der Waals surface area contributed by atoms with Crippen LogP contribution < -0.4 is 10.6 Å². The lowest BCUT2D eigenvalue weighted by Gasteiger charge is -2.23. The van der Waals surface area contributed by atoms with Gasteiger partial charge in [-0.25, -0.2) is 18.7 Å². The SMILES string of the molecule is FC1(F)CCNCC1.N#Cc1ccc2ncnc(NC3CCCCC3)c2c1. The number of nitrogens with zero attached hydrogens (tertiary/aromatic N) is 3. The van der Waals surface area contributed by atoms with Gasteiger partial charge in [0.15, 0.2) is 0 Å². The van der Waals surface area contributed by atoms with Gasteiger partial charge in [-0.1, -0.05) is 19.3 Å². The van der Waals surface area contributed by atoms with E-state index in [1.54, 1.807) is 12.4 Å². The van der Waals surface area contributed by atoms with Crippen LogP contribution in [0.15, 0.2) is 24.5 Å². The highest BCUT2D eigenvalue weighted by Gasteiger charge is 2.30. The standard InChI is InChI=1S/C15H16N4.C5H9F2N/c16-9-11-6-7-14-13(8-11)15(18-10-17-14)19-12-4-2-1-3-5-12;6-5(7)1-3-8-4-2-5/h6-8,10,12H,1-5H2,(H,17,18,19);8H,1-4H2. The van der Waals surface area contributed by atoms with E-state index in [0.29, 0.717) is 24.7 Å². The van der Waals surface area contributed by atoms with Crippen molar-refractivity contribution < 1.29 is 8.78 Å². The summed E-state index contributed by atoms with van der Waals surface area (Å²) in [5.74, 6) is -1.53. The zero-order valence-corrected chi connectivity index (χ0v) is 15.3. The number of alkyl halides is 2. The average molecular weight is 373 g/mol. The fourth-order valence-electron chi connectivity index (χ4n) is 3.47. The third-order valence-corrected chi connectivity index (χ3v) is 5.05. The van der Waals surface area contributed by atoms with Crippen LogP contribution in [0, 0.1) is 11.3 Å². The lowest BCUT2D eigenvalue weighted by Crippen LogP contribution is -2.35. The molecule has 4 rings (SSSR count). The van der Waals surface area contributed by atoms with E-state index in [0.717, 1.165) is 16.7 Å². The first-order valence-electron chi connectivity index (χ1n) is 9.57. The quantitative estimate of drug-likeness (QED) is 0.823. The Morgan fingerprint density at radius 1 is 1.11 bits per heavy atom. The molecule has 2 aromatic rings. The van der Waals surface area contributed by atoms with Crippen LogP contribution >= 0.6 is 0 Å². The number of anilines is 1. The van der Waals surface area contributed by atoms with Crippen molar-refractivity contribution in [3.8, 4) is 6.07 Å². The van der Waals surface area contributed by atoms with Crippen LogP contribution in [0.4, 0.5) is 14.6 Å². The molecule has 0 radical (unpaired) electrons. The molecule has 0 unspecified atom stereocenters. The van der Waals surface area contributed by atoms with Gasteiger partial charge in [-0.3, -0.25) is 0 Å². The summed E-state index contributed by atoms with van der Waals surface area (Å²) in [7, 11) is 0. The van der Waals surface area contributed by atoms with Crippen LogP contribution in [0.5, 0.6) is 0 Å².